The Morgan fingerprint density at radius 2 is 1.87 bits per heavy atom. The van der Waals surface area contributed by atoms with Crippen LogP contribution >= 0.6 is 0 Å². The first kappa shape index (κ1) is 15.2. The summed E-state index contributed by atoms with van der Waals surface area (Å²) in [5.74, 6) is -1.43. The number of piperazine rings is 1. The van der Waals surface area contributed by atoms with E-state index in [0.29, 0.717) is 19.5 Å². The van der Waals surface area contributed by atoms with E-state index in [4.69, 9.17) is 0 Å². The Kier molecular flexibility index (Phi) is 4.37. The van der Waals surface area contributed by atoms with Crippen molar-refractivity contribution in [2.45, 2.75) is 12.5 Å². The largest absolute Gasteiger partial charge is 0.345 e. The van der Waals surface area contributed by atoms with Crippen LogP contribution in [0.15, 0.2) is 54.6 Å². The summed E-state index contributed by atoms with van der Waals surface area (Å²) in [6, 6.07) is 15.7. The zero-order valence-electron chi connectivity index (χ0n) is 12.5. The summed E-state index contributed by atoms with van der Waals surface area (Å²) in [5.41, 5.74) is 1.77. The fourth-order valence-corrected chi connectivity index (χ4v) is 2.82. The summed E-state index contributed by atoms with van der Waals surface area (Å²) >= 11 is 0. The molecule has 23 heavy (non-hydrogen) atoms. The first-order chi connectivity index (χ1) is 11.1. The van der Waals surface area contributed by atoms with E-state index >= 15 is 0 Å². The maximum atomic E-state index is 13.3. The van der Waals surface area contributed by atoms with Crippen LogP contribution in [-0.4, -0.2) is 29.8 Å². The molecule has 0 saturated carbocycles. The van der Waals surface area contributed by atoms with Gasteiger partial charge in [0.15, 0.2) is 0 Å². The molecule has 0 spiro atoms. The summed E-state index contributed by atoms with van der Waals surface area (Å²) in [6.07, 6.45) is 0.500. The van der Waals surface area contributed by atoms with Gasteiger partial charge in [0, 0.05) is 13.1 Å². The predicted octanol–water partition coefficient (Wildman–Crippen LogP) is 2.07. The van der Waals surface area contributed by atoms with E-state index in [1.807, 2.05) is 36.4 Å². The summed E-state index contributed by atoms with van der Waals surface area (Å²) in [6.45, 7) is 0.757. The SMILES string of the molecule is O=C1NC[C@H](c2ccccc2)N(CCc2cccc(F)c2)C1=O. The number of nitrogens with one attached hydrogen (secondary N) is 1. The second-order valence-corrected chi connectivity index (χ2v) is 5.51. The van der Waals surface area contributed by atoms with E-state index in [1.54, 1.807) is 11.0 Å². The van der Waals surface area contributed by atoms with Crippen LogP contribution in [-0.2, 0) is 16.0 Å². The smallest absolute Gasteiger partial charge is 0.312 e. The number of amides is 2. The lowest BCUT2D eigenvalue weighted by Crippen LogP contribution is -2.54. The molecule has 1 N–H and O–H groups in total. The van der Waals surface area contributed by atoms with Gasteiger partial charge in [-0.3, -0.25) is 9.59 Å². The molecule has 0 radical (unpaired) electrons. The third kappa shape index (κ3) is 3.39. The number of rotatable bonds is 4. The van der Waals surface area contributed by atoms with E-state index in [9.17, 15) is 14.0 Å². The molecule has 1 saturated heterocycles. The van der Waals surface area contributed by atoms with E-state index in [-0.39, 0.29) is 11.9 Å². The van der Waals surface area contributed by atoms with Crippen LogP contribution in [0.2, 0.25) is 0 Å². The molecule has 0 aromatic heterocycles. The lowest BCUT2D eigenvalue weighted by atomic mass is 10.0. The van der Waals surface area contributed by atoms with Crippen molar-refractivity contribution in [2.24, 2.45) is 0 Å². The topological polar surface area (TPSA) is 49.4 Å². The maximum Gasteiger partial charge on any atom is 0.312 e. The zero-order valence-corrected chi connectivity index (χ0v) is 12.5. The second-order valence-electron chi connectivity index (χ2n) is 5.51. The van der Waals surface area contributed by atoms with Crippen LogP contribution in [0.3, 0.4) is 0 Å². The lowest BCUT2D eigenvalue weighted by Gasteiger charge is -2.35. The van der Waals surface area contributed by atoms with Crippen molar-refractivity contribution in [3.05, 3.63) is 71.5 Å². The molecule has 118 valence electrons. The minimum atomic E-state index is -0.587. The van der Waals surface area contributed by atoms with Crippen LogP contribution in [0, 0.1) is 5.82 Å². The third-order valence-corrected chi connectivity index (χ3v) is 4.00. The molecule has 1 atom stereocenters. The molecule has 0 aliphatic carbocycles. The molecule has 1 fully saturated rings. The van der Waals surface area contributed by atoms with Crippen molar-refractivity contribution >= 4 is 11.8 Å². The quantitative estimate of drug-likeness (QED) is 0.879. The van der Waals surface area contributed by atoms with Gasteiger partial charge < -0.3 is 10.2 Å². The van der Waals surface area contributed by atoms with Gasteiger partial charge in [0.25, 0.3) is 0 Å². The average Bonchev–Trinajstić information content (AvgIpc) is 2.57. The number of hydrogen-bond acceptors (Lipinski definition) is 2. The van der Waals surface area contributed by atoms with E-state index in [1.165, 1.54) is 12.1 Å². The highest BCUT2D eigenvalue weighted by molar-refractivity contribution is 6.35. The molecule has 5 heteroatoms. The minimum Gasteiger partial charge on any atom is -0.345 e. The minimum absolute atomic E-state index is 0.199. The van der Waals surface area contributed by atoms with E-state index in [2.05, 4.69) is 5.32 Å². The Hall–Kier alpha value is -2.69. The maximum absolute atomic E-state index is 13.3. The van der Waals surface area contributed by atoms with Crippen molar-refractivity contribution in [2.75, 3.05) is 13.1 Å². The Morgan fingerprint density at radius 1 is 1.09 bits per heavy atom. The fraction of sp³-hybridized carbons (Fsp3) is 0.222. The molecule has 2 amide bonds. The van der Waals surface area contributed by atoms with Crippen LogP contribution < -0.4 is 5.32 Å². The first-order valence-corrected chi connectivity index (χ1v) is 7.53. The Balaban J connectivity index is 1.79. The Labute approximate surface area is 133 Å². The zero-order chi connectivity index (χ0) is 16.2. The first-order valence-electron chi connectivity index (χ1n) is 7.53. The molecule has 1 heterocycles. The van der Waals surface area contributed by atoms with Gasteiger partial charge in [0.05, 0.1) is 6.04 Å². The van der Waals surface area contributed by atoms with Crippen LogP contribution in [0.5, 0.6) is 0 Å². The number of hydrogen-bond donors (Lipinski definition) is 1. The highest BCUT2D eigenvalue weighted by Gasteiger charge is 2.34. The van der Waals surface area contributed by atoms with Crippen molar-refractivity contribution in [3.8, 4) is 0 Å². The Morgan fingerprint density at radius 3 is 2.61 bits per heavy atom. The van der Waals surface area contributed by atoms with Gasteiger partial charge in [-0.25, -0.2) is 4.39 Å². The van der Waals surface area contributed by atoms with E-state index in [0.717, 1.165) is 11.1 Å². The standard InChI is InChI=1S/C18H17FN2O2/c19-15-8-4-5-13(11-15)9-10-21-16(12-20-17(22)18(21)23)14-6-2-1-3-7-14/h1-8,11,16H,9-10,12H2,(H,20,22)/t16-/m1/s1. The van der Waals surface area contributed by atoms with Gasteiger partial charge in [-0.05, 0) is 29.7 Å². The molecule has 1 aliphatic heterocycles. The highest BCUT2D eigenvalue weighted by atomic mass is 19.1. The van der Waals surface area contributed by atoms with Crippen LogP contribution in [0.4, 0.5) is 4.39 Å². The number of halogens is 1. The predicted molar refractivity (Wildman–Crippen MR) is 84.0 cm³/mol. The fourth-order valence-electron chi connectivity index (χ4n) is 2.82. The number of carbonyl (C=O) groups excluding carboxylic acids is 2. The highest BCUT2D eigenvalue weighted by Crippen LogP contribution is 2.23. The monoisotopic (exact) mass is 312 g/mol. The summed E-state index contributed by atoms with van der Waals surface area (Å²) in [4.78, 5) is 25.5. The molecule has 2 aromatic carbocycles. The summed E-state index contributed by atoms with van der Waals surface area (Å²) in [7, 11) is 0. The van der Waals surface area contributed by atoms with Crippen molar-refractivity contribution < 1.29 is 14.0 Å². The summed E-state index contributed by atoms with van der Waals surface area (Å²) in [5, 5.41) is 2.63. The van der Waals surface area contributed by atoms with Crippen LogP contribution in [0.1, 0.15) is 17.2 Å². The molecule has 2 aromatic rings. The number of nitrogens with zero attached hydrogens (tertiary/aromatic N) is 1. The van der Waals surface area contributed by atoms with Crippen molar-refractivity contribution in [1.29, 1.82) is 0 Å². The number of benzene rings is 2. The van der Waals surface area contributed by atoms with Gasteiger partial charge in [0.2, 0.25) is 0 Å². The van der Waals surface area contributed by atoms with Gasteiger partial charge in [-0.2, -0.15) is 0 Å². The molecular weight excluding hydrogens is 295 g/mol. The van der Waals surface area contributed by atoms with Gasteiger partial charge in [0.1, 0.15) is 5.82 Å². The van der Waals surface area contributed by atoms with Gasteiger partial charge in [-0.15, -0.1) is 0 Å². The third-order valence-electron chi connectivity index (χ3n) is 4.00. The lowest BCUT2D eigenvalue weighted by molar-refractivity contribution is -0.150. The molecular formula is C18H17FN2O2. The van der Waals surface area contributed by atoms with E-state index < -0.39 is 11.8 Å². The average molecular weight is 312 g/mol. The Bertz CT molecular complexity index is 718. The second kappa shape index (κ2) is 6.60. The molecule has 0 unspecified atom stereocenters. The molecule has 4 nitrogen and oxygen atoms in total. The van der Waals surface area contributed by atoms with Gasteiger partial charge in [-0.1, -0.05) is 42.5 Å². The van der Waals surface area contributed by atoms with Gasteiger partial charge >= 0.3 is 11.8 Å². The van der Waals surface area contributed by atoms with Crippen LogP contribution in [0.25, 0.3) is 0 Å². The number of carbonyl (C=O) groups is 2. The summed E-state index contributed by atoms with van der Waals surface area (Å²) < 4.78 is 13.3. The van der Waals surface area contributed by atoms with Crippen molar-refractivity contribution in [1.82, 2.24) is 10.2 Å². The van der Waals surface area contributed by atoms with Crippen molar-refractivity contribution in [3.63, 3.8) is 0 Å². The molecule has 0 bridgehead atoms. The molecule has 1 aliphatic rings. The normalized spacial score (nSPS) is 18.0. The molecule has 3 rings (SSSR count).